The minimum atomic E-state index is -0.303. The molecular formula is C18H19N5O2. The number of pyridine rings is 1. The normalized spacial score (nSPS) is 10.5. The van der Waals surface area contributed by atoms with Gasteiger partial charge in [0.15, 0.2) is 5.65 Å². The standard InChI is InChI=1S/C18H19N5O2/c1-3-19-18(24)23-16-9-8-14-17(22-16)21-15(11-20-14)12-6-5-7-13(10-12)25-4-2/h5-11H,3-4H2,1-2H3,(H2,19,21,22,23,24). The number of nitrogens with one attached hydrogen (secondary N) is 2. The molecule has 0 saturated heterocycles. The van der Waals surface area contributed by atoms with E-state index in [-0.39, 0.29) is 6.03 Å². The molecule has 0 fully saturated rings. The molecule has 0 unspecified atom stereocenters. The maximum absolute atomic E-state index is 11.6. The molecule has 7 heteroatoms. The van der Waals surface area contributed by atoms with Crippen LogP contribution in [0, 0.1) is 0 Å². The lowest BCUT2D eigenvalue weighted by Crippen LogP contribution is -2.28. The van der Waals surface area contributed by atoms with E-state index >= 15 is 0 Å². The van der Waals surface area contributed by atoms with Gasteiger partial charge in [0, 0.05) is 12.1 Å². The molecule has 0 aliphatic carbocycles. The summed E-state index contributed by atoms with van der Waals surface area (Å²) in [5.74, 6) is 1.20. The van der Waals surface area contributed by atoms with Gasteiger partial charge in [0.2, 0.25) is 0 Å². The third kappa shape index (κ3) is 4.00. The monoisotopic (exact) mass is 337 g/mol. The lowest BCUT2D eigenvalue weighted by molar-refractivity contribution is 0.252. The Morgan fingerprint density at radius 2 is 2.04 bits per heavy atom. The van der Waals surface area contributed by atoms with Crippen LogP contribution in [-0.2, 0) is 0 Å². The van der Waals surface area contributed by atoms with Crippen LogP contribution in [0.1, 0.15) is 13.8 Å². The van der Waals surface area contributed by atoms with Crippen molar-refractivity contribution in [3.05, 3.63) is 42.6 Å². The number of anilines is 1. The zero-order valence-electron chi connectivity index (χ0n) is 14.1. The van der Waals surface area contributed by atoms with Gasteiger partial charge in [-0.1, -0.05) is 12.1 Å². The van der Waals surface area contributed by atoms with Crippen molar-refractivity contribution in [1.29, 1.82) is 0 Å². The molecule has 0 spiro atoms. The van der Waals surface area contributed by atoms with Gasteiger partial charge in [-0.05, 0) is 38.1 Å². The van der Waals surface area contributed by atoms with Crippen LogP contribution in [0.15, 0.2) is 42.6 Å². The fourth-order valence-corrected chi connectivity index (χ4v) is 2.34. The average molecular weight is 337 g/mol. The SMILES string of the molecule is CCNC(=O)Nc1ccc2ncc(-c3cccc(OCC)c3)nc2n1. The van der Waals surface area contributed by atoms with E-state index < -0.39 is 0 Å². The number of amides is 2. The van der Waals surface area contributed by atoms with E-state index in [1.165, 1.54) is 0 Å². The number of hydrogen-bond acceptors (Lipinski definition) is 5. The number of aromatic nitrogens is 3. The van der Waals surface area contributed by atoms with Crippen molar-refractivity contribution in [1.82, 2.24) is 20.3 Å². The number of nitrogens with zero attached hydrogens (tertiary/aromatic N) is 3. The lowest BCUT2D eigenvalue weighted by Gasteiger charge is -2.08. The number of rotatable bonds is 5. The van der Waals surface area contributed by atoms with Gasteiger partial charge in [0.05, 0.1) is 18.5 Å². The number of benzene rings is 1. The molecule has 0 saturated carbocycles. The van der Waals surface area contributed by atoms with Crippen molar-refractivity contribution >= 4 is 23.0 Å². The molecule has 2 heterocycles. The Bertz CT molecular complexity index is 898. The maximum atomic E-state index is 11.6. The average Bonchev–Trinajstić information content (AvgIpc) is 2.62. The quantitative estimate of drug-likeness (QED) is 0.746. The summed E-state index contributed by atoms with van der Waals surface area (Å²) in [7, 11) is 0. The first-order valence-electron chi connectivity index (χ1n) is 8.11. The molecule has 2 amide bonds. The summed E-state index contributed by atoms with van der Waals surface area (Å²) in [6, 6.07) is 10.8. The Morgan fingerprint density at radius 1 is 1.16 bits per heavy atom. The Morgan fingerprint density at radius 3 is 2.84 bits per heavy atom. The largest absolute Gasteiger partial charge is 0.494 e. The molecule has 128 valence electrons. The highest BCUT2D eigenvalue weighted by molar-refractivity contribution is 5.89. The van der Waals surface area contributed by atoms with Crippen molar-refractivity contribution in [3.63, 3.8) is 0 Å². The second kappa shape index (κ2) is 7.57. The summed E-state index contributed by atoms with van der Waals surface area (Å²) in [6.07, 6.45) is 1.70. The molecule has 1 aromatic carbocycles. The van der Waals surface area contributed by atoms with E-state index in [0.29, 0.717) is 35.8 Å². The van der Waals surface area contributed by atoms with Gasteiger partial charge in [0.1, 0.15) is 17.1 Å². The van der Waals surface area contributed by atoms with Gasteiger partial charge in [-0.25, -0.2) is 14.8 Å². The smallest absolute Gasteiger partial charge is 0.320 e. The summed E-state index contributed by atoms with van der Waals surface area (Å²) in [4.78, 5) is 24.9. The van der Waals surface area contributed by atoms with Crippen molar-refractivity contribution in [2.45, 2.75) is 13.8 Å². The van der Waals surface area contributed by atoms with E-state index in [0.717, 1.165) is 11.3 Å². The van der Waals surface area contributed by atoms with Crippen LogP contribution in [-0.4, -0.2) is 34.1 Å². The van der Waals surface area contributed by atoms with E-state index in [1.807, 2.05) is 38.1 Å². The predicted octanol–water partition coefficient (Wildman–Crippen LogP) is 3.23. The first kappa shape index (κ1) is 16.6. The third-order valence-electron chi connectivity index (χ3n) is 3.43. The third-order valence-corrected chi connectivity index (χ3v) is 3.43. The summed E-state index contributed by atoms with van der Waals surface area (Å²) >= 11 is 0. The lowest BCUT2D eigenvalue weighted by atomic mass is 10.1. The highest BCUT2D eigenvalue weighted by Gasteiger charge is 2.07. The van der Waals surface area contributed by atoms with Crippen LogP contribution >= 0.6 is 0 Å². The number of urea groups is 1. The second-order valence-corrected chi connectivity index (χ2v) is 5.24. The summed E-state index contributed by atoms with van der Waals surface area (Å²) in [5.41, 5.74) is 2.71. The van der Waals surface area contributed by atoms with Crippen LogP contribution < -0.4 is 15.4 Å². The first-order valence-corrected chi connectivity index (χ1v) is 8.11. The Balaban J connectivity index is 1.92. The van der Waals surface area contributed by atoms with Gasteiger partial charge >= 0.3 is 6.03 Å². The topological polar surface area (TPSA) is 89.0 Å². The van der Waals surface area contributed by atoms with Crippen molar-refractivity contribution in [3.8, 4) is 17.0 Å². The summed E-state index contributed by atoms with van der Waals surface area (Å²) in [6.45, 7) is 4.93. The van der Waals surface area contributed by atoms with Crippen LogP contribution in [0.25, 0.3) is 22.4 Å². The summed E-state index contributed by atoms with van der Waals surface area (Å²) < 4.78 is 5.52. The van der Waals surface area contributed by atoms with Gasteiger partial charge in [-0.2, -0.15) is 0 Å². The molecule has 0 radical (unpaired) electrons. The number of hydrogen-bond donors (Lipinski definition) is 2. The molecule has 0 aliphatic heterocycles. The van der Waals surface area contributed by atoms with Crippen molar-refractivity contribution in [2.75, 3.05) is 18.5 Å². The minimum Gasteiger partial charge on any atom is -0.494 e. The molecule has 2 N–H and O–H groups in total. The number of carbonyl (C=O) groups excluding carboxylic acids is 1. The second-order valence-electron chi connectivity index (χ2n) is 5.24. The Kier molecular flexibility index (Phi) is 5.03. The number of carbonyl (C=O) groups is 1. The molecular weight excluding hydrogens is 318 g/mol. The van der Waals surface area contributed by atoms with Crippen LogP contribution in [0.4, 0.5) is 10.6 Å². The minimum absolute atomic E-state index is 0.303. The molecule has 3 rings (SSSR count). The van der Waals surface area contributed by atoms with Gasteiger partial charge in [0.25, 0.3) is 0 Å². The van der Waals surface area contributed by atoms with Gasteiger partial charge < -0.3 is 10.1 Å². The van der Waals surface area contributed by atoms with E-state index in [9.17, 15) is 4.79 Å². The van der Waals surface area contributed by atoms with Crippen molar-refractivity contribution < 1.29 is 9.53 Å². The molecule has 2 aromatic heterocycles. The van der Waals surface area contributed by atoms with E-state index in [4.69, 9.17) is 4.74 Å². The Labute approximate surface area is 145 Å². The van der Waals surface area contributed by atoms with Crippen molar-refractivity contribution in [2.24, 2.45) is 0 Å². The Hall–Kier alpha value is -3.22. The maximum Gasteiger partial charge on any atom is 0.320 e. The molecule has 25 heavy (non-hydrogen) atoms. The van der Waals surface area contributed by atoms with E-state index in [1.54, 1.807) is 18.3 Å². The van der Waals surface area contributed by atoms with Gasteiger partial charge in [-0.15, -0.1) is 0 Å². The highest BCUT2D eigenvalue weighted by atomic mass is 16.5. The predicted molar refractivity (Wildman–Crippen MR) is 96.6 cm³/mol. The van der Waals surface area contributed by atoms with E-state index in [2.05, 4.69) is 25.6 Å². The molecule has 3 aromatic rings. The van der Waals surface area contributed by atoms with Crippen LogP contribution in [0.5, 0.6) is 5.75 Å². The first-order chi connectivity index (χ1) is 12.2. The molecule has 0 bridgehead atoms. The summed E-state index contributed by atoms with van der Waals surface area (Å²) in [5, 5.41) is 5.33. The number of ether oxygens (including phenoxy) is 1. The fraction of sp³-hybridized carbons (Fsp3) is 0.222. The highest BCUT2D eigenvalue weighted by Crippen LogP contribution is 2.23. The molecule has 0 aliphatic rings. The fourth-order valence-electron chi connectivity index (χ4n) is 2.34. The van der Waals surface area contributed by atoms with Crippen LogP contribution in [0.2, 0.25) is 0 Å². The van der Waals surface area contributed by atoms with Crippen LogP contribution in [0.3, 0.4) is 0 Å². The number of fused-ring (bicyclic) bond motifs is 1. The molecule has 7 nitrogen and oxygen atoms in total. The zero-order valence-corrected chi connectivity index (χ0v) is 14.1. The molecule has 0 atom stereocenters. The van der Waals surface area contributed by atoms with Gasteiger partial charge in [-0.3, -0.25) is 10.3 Å². The zero-order chi connectivity index (χ0) is 17.6.